The monoisotopic (exact) mass is 914 g/mol. The van der Waals surface area contributed by atoms with Gasteiger partial charge in [-0.25, -0.2) is 4.98 Å². The van der Waals surface area contributed by atoms with Gasteiger partial charge in [-0.2, -0.15) is 0 Å². The maximum Gasteiger partial charge on any atom is 0.183 e. The van der Waals surface area contributed by atoms with Gasteiger partial charge in [0.15, 0.2) is 5.13 Å². The van der Waals surface area contributed by atoms with Crippen LogP contribution >= 0.6 is 11.3 Å². The Labute approximate surface area is 386 Å². The van der Waals surface area contributed by atoms with Crippen molar-refractivity contribution in [3.05, 3.63) is 94.4 Å². The maximum absolute atomic E-state index is 10.6. The minimum Gasteiger partial charge on any atom is -0.491 e. The number of hydrogen-bond acceptors (Lipinski definition) is 15. The molecule has 1 aliphatic heterocycles. The first-order valence-electron chi connectivity index (χ1n) is 22.0. The average Bonchev–Trinajstić information content (AvgIpc) is 3.90. The number of likely N-dealkylation sites (N-methyl/N-ethyl adjacent to an activating group) is 1. The van der Waals surface area contributed by atoms with Gasteiger partial charge in [0.25, 0.3) is 0 Å². The molecule has 0 spiro atoms. The van der Waals surface area contributed by atoms with Gasteiger partial charge in [0, 0.05) is 48.8 Å². The molecule has 0 amide bonds. The zero-order valence-corrected chi connectivity index (χ0v) is 40.2. The Morgan fingerprint density at radius 3 is 1.84 bits per heavy atom. The van der Waals surface area contributed by atoms with E-state index in [2.05, 4.69) is 54.0 Å². The number of aromatic nitrogens is 1. The molecule has 4 rings (SSSR count). The first kappa shape index (κ1) is 57.7. The summed E-state index contributed by atoms with van der Waals surface area (Å²) in [4.78, 5) is 29.1. The number of thiazole rings is 1. The number of rotatable bonds is 31. The normalized spacial score (nSPS) is 11.9. The molecule has 0 unspecified atom stereocenters. The number of allylic oxidation sites excluding steroid dienone is 5. The second-order valence-electron chi connectivity index (χ2n) is 13.5. The molecule has 15 heteroatoms. The quantitative estimate of drug-likeness (QED) is 0.0286. The summed E-state index contributed by atoms with van der Waals surface area (Å²) in [5, 5.41) is 12.7. The summed E-state index contributed by atoms with van der Waals surface area (Å²) in [6, 6.07) is 14.2. The number of carbonyl (C=O) groups excluding carboxylic acids is 2. The second kappa shape index (κ2) is 39.1. The molecule has 358 valence electrons. The first-order valence-corrected chi connectivity index (χ1v) is 22.8. The summed E-state index contributed by atoms with van der Waals surface area (Å²) >= 11 is 1.71. The standard InChI is InChI=1S/C24H40O10.C14H17N3S.C9H12O.C2H6/c25-5-4-23-2-1-3-24(22-23)34-21-20-33-19-18-32-17-16-31-15-14-30-13-12-29-11-10-28-9-8-27-7-6-26;1-9-13(16-14(15-2)18-9)11-4-5-12-10(8-11)6-7-17(12)3;1-4-6-9(7-10)8(3)5-2;1-2/h1-3,5,22,26H,4,6-21H2;4-5,8H,6-7H2,1-3H3,(H,15,16);4-7H,2H2,1,3H3;1-2H3/b;;6-4-,9-8+;. The topological polar surface area (TPSA) is 156 Å². The number of nitrogens with one attached hydrogen (secondary N) is 1. The highest BCUT2D eigenvalue weighted by atomic mass is 32.1. The van der Waals surface area contributed by atoms with E-state index in [0.717, 1.165) is 53.2 Å². The summed E-state index contributed by atoms with van der Waals surface area (Å²) in [6.45, 7) is 21.8. The van der Waals surface area contributed by atoms with Gasteiger partial charge in [0.1, 0.15) is 24.9 Å². The molecule has 2 heterocycles. The Morgan fingerprint density at radius 1 is 0.828 bits per heavy atom. The van der Waals surface area contributed by atoms with E-state index < -0.39 is 0 Å². The molecule has 2 N–H and O–H groups in total. The SMILES string of the molecule is C=C/C(C)=C(C=O)\C=C/C.CC.CNc1nc(-c2ccc3c(c2)CCN3C)c(C)s1.O=CCc1cccc(OCCOCCOCCOCCOCCOCCOCCOCCO)c1. The van der Waals surface area contributed by atoms with E-state index in [1.807, 2.05) is 65.1 Å². The highest BCUT2D eigenvalue weighted by Gasteiger charge is 2.17. The number of aldehydes is 2. The molecule has 14 nitrogen and oxygen atoms in total. The number of fused-ring (bicyclic) bond motifs is 1. The van der Waals surface area contributed by atoms with Crippen molar-refractivity contribution in [3.8, 4) is 17.0 Å². The van der Waals surface area contributed by atoms with Crippen LogP contribution in [0.4, 0.5) is 10.8 Å². The third-order valence-electron chi connectivity index (χ3n) is 8.91. The summed E-state index contributed by atoms with van der Waals surface area (Å²) in [7, 11) is 4.07. The van der Waals surface area contributed by atoms with E-state index in [1.54, 1.807) is 23.5 Å². The summed E-state index contributed by atoms with van der Waals surface area (Å²) in [6.07, 6.45) is 8.50. The predicted octanol–water partition coefficient (Wildman–Crippen LogP) is 7.36. The molecule has 0 atom stereocenters. The summed E-state index contributed by atoms with van der Waals surface area (Å²) in [5.41, 5.74) is 7.68. The van der Waals surface area contributed by atoms with Crippen molar-refractivity contribution in [2.75, 3.05) is 137 Å². The van der Waals surface area contributed by atoms with Crippen LogP contribution in [0.15, 0.2) is 78.4 Å². The molecule has 0 fully saturated rings. The van der Waals surface area contributed by atoms with Crippen LogP contribution in [0, 0.1) is 6.92 Å². The van der Waals surface area contributed by atoms with Crippen LogP contribution in [0.3, 0.4) is 0 Å². The van der Waals surface area contributed by atoms with Gasteiger partial charge >= 0.3 is 0 Å². The predicted molar refractivity (Wildman–Crippen MR) is 258 cm³/mol. The fraction of sp³-hybridized carbons (Fsp3) is 0.531. The molecular weight excluding hydrogens is 839 g/mol. The van der Waals surface area contributed by atoms with Crippen molar-refractivity contribution in [1.29, 1.82) is 0 Å². The lowest BCUT2D eigenvalue weighted by atomic mass is 10.1. The molecule has 1 aromatic heterocycles. The van der Waals surface area contributed by atoms with Gasteiger partial charge in [0.2, 0.25) is 0 Å². The zero-order chi connectivity index (χ0) is 47.0. The van der Waals surface area contributed by atoms with Crippen LogP contribution in [0.25, 0.3) is 11.3 Å². The molecule has 3 aromatic rings. The fourth-order valence-corrected chi connectivity index (χ4v) is 6.40. The highest BCUT2D eigenvalue weighted by molar-refractivity contribution is 7.16. The van der Waals surface area contributed by atoms with Crippen molar-refractivity contribution in [2.24, 2.45) is 0 Å². The van der Waals surface area contributed by atoms with Crippen molar-refractivity contribution >= 4 is 34.7 Å². The molecule has 0 bridgehead atoms. The third kappa shape index (κ3) is 25.9. The number of benzene rings is 2. The van der Waals surface area contributed by atoms with Crippen molar-refractivity contribution < 1.29 is 52.6 Å². The number of hydrogen-bond donors (Lipinski definition) is 2. The van der Waals surface area contributed by atoms with Crippen LogP contribution in [0.1, 0.15) is 43.7 Å². The highest BCUT2D eigenvalue weighted by Crippen LogP contribution is 2.35. The lowest BCUT2D eigenvalue weighted by Gasteiger charge is -2.11. The van der Waals surface area contributed by atoms with Crippen LogP contribution in [-0.4, -0.2) is 149 Å². The van der Waals surface area contributed by atoms with E-state index in [9.17, 15) is 9.59 Å². The van der Waals surface area contributed by atoms with E-state index in [1.165, 1.54) is 21.7 Å². The minimum atomic E-state index is 0.0256. The number of carbonyl (C=O) groups is 2. The first-order chi connectivity index (χ1) is 31.3. The summed E-state index contributed by atoms with van der Waals surface area (Å²) in [5.74, 6) is 0.732. The van der Waals surface area contributed by atoms with Crippen LogP contribution in [0.2, 0.25) is 0 Å². The molecule has 2 aromatic carbocycles. The average molecular weight is 914 g/mol. The third-order valence-corrected chi connectivity index (χ3v) is 9.90. The molecule has 0 saturated heterocycles. The van der Waals surface area contributed by atoms with Gasteiger partial charge in [-0.05, 0) is 68.2 Å². The largest absolute Gasteiger partial charge is 0.491 e. The second-order valence-corrected chi connectivity index (χ2v) is 14.7. The smallest absolute Gasteiger partial charge is 0.183 e. The van der Waals surface area contributed by atoms with Crippen LogP contribution in [0.5, 0.6) is 5.75 Å². The molecular formula is C49H75N3O11S. The minimum absolute atomic E-state index is 0.0256. The van der Waals surface area contributed by atoms with Crippen LogP contribution in [-0.2, 0) is 55.6 Å². The fourth-order valence-electron chi connectivity index (χ4n) is 5.61. The lowest BCUT2D eigenvalue weighted by molar-refractivity contribution is -0.107. The Hall–Kier alpha value is -4.29. The van der Waals surface area contributed by atoms with Crippen molar-refractivity contribution in [1.82, 2.24) is 4.98 Å². The van der Waals surface area contributed by atoms with Gasteiger partial charge in [-0.3, -0.25) is 4.79 Å². The molecule has 0 saturated carbocycles. The Balaban J connectivity index is 0.000000560. The maximum atomic E-state index is 10.6. The van der Waals surface area contributed by atoms with Crippen molar-refractivity contribution in [3.63, 3.8) is 0 Å². The van der Waals surface area contributed by atoms with Crippen LogP contribution < -0.4 is 15.0 Å². The number of aliphatic hydroxyl groups is 1. The van der Waals surface area contributed by atoms with Gasteiger partial charge < -0.3 is 58.0 Å². The van der Waals surface area contributed by atoms with E-state index in [0.29, 0.717) is 111 Å². The van der Waals surface area contributed by atoms with Gasteiger partial charge in [-0.15, -0.1) is 11.3 Å². The lowest BCUT2D eigenvalue weighted by Crippen LogP contribution is -2.15. The summed E-state index contributed by atoms with van der Waals surface area (Å²) < 4.78 is 43.1. The number of nitrogens with zero attached hydrogens (tertiary/aromatic N) is 2. The number of ether oxygens (including phenoxy) is 8. The Kier molecular flexibility index (Phi) is 35.3. The molecule has 64 heavy (non-hydrogen) atoms. The Morgan fingerprint density at radius 2 is 1.38 bits per heavy atom. The number of anilines is 2. The van der Waals surface area contributed by atoms with E-state index in [4.69, 9.17) is 43.0 Å². The number of aryl methyl sites for hydroxylation is 1. The molecule has 0 aliphatic carbocycles. The van der Waals surface area contributed by atoms with Crippen molar-refractivity contribution in [2.45, 2.75) is 47.5 Å². The van der Waals surface area contributed by atoms with Gasteiger partial charge in [0.05, 0.1) is 105 Å². The van der Waals surface area contributed by atoms with Gasteiger partial charge in [-0.1, -0.05) is 56.9 Å². The number of aliphatic hydroxyl groups excluding tert-OH is 1. The van der Waals surface area contributed by atoms with E-state index in [-0.39, 0.29) is 6.61 Å². The zero-order valence-electron chi connectivity index (χ0n) is 39.4. The molecule has 0 radical (unpaired) electrons. The van der Waals surface area contributed by atoms with E-state index >= 15 is 0 Å². The molecule has 1 aliphatic rings. The Bertz CT molecular complexity index is 1730.